The molecule has 0 aliphatic carbocycles. The molecule has 1 aromatic rings. The molecule has 1 aliphatic rings. The quantitative estimate of drug-likeness (QED) is 0.756. The summed E-state index contributed by atoms with van der Waals surface area (Å²) in [4.78, 5) is 14.2. The third-order valence-corrected chi connectivity index (χ3v) is 3.79. The van der Waals surface area contributed by atoms with Gasteiger partial charge in [0.25, 0.3) is 0 Å². The molecule has 21 heavy (non-hydrogen) atoms. The molecule has 0 unspecified atom stereocenters. The highest BCUT2D eigenvalue weighted by atomic mass is 16.5. The second-order valence-electron chi connectivity index (χ2n) is 5.37. The van der Waals surface area contributed by atoms with E-state index < -0.39 is 0 Å². The van der Waals surface area contributed by atoms with Gasteiger partial charge in [0, 0.05) is 18.7 Å². The number of ether oxygens (including phenoxy) is 2. The Morgan fingerprint density at radius 1 is 1.29 bits per heavy atom. The van der Waals surface area contributed by atoms with Crippen molar-refractivity contribution in [3.05, 3.63) is 29.8 Å². The summed E-state index contributed by atoms with van der Waals surface area (Å²) in [6, 6.07) is 8.13. The number of nitrogens with zero attached hydrogens (tertiary/aromatic N) is 1. The van der Waals surface area contributed by atoms with Crippen LogP contribution in [0.1, 0.15) is 32.3 Å². The number of hydrogen-bond donors (Lipinski definition) is 0. The number of carbonyl (C=O) groups is 1. The summed E-state index contributed by atoms with van der Waals surface area (Å²) >= 11 is 0. The van der Waals surface area contributed by atoms with Crippen molar-refractivity contribution in [2.75, 3.05) is 26.3 Å². The Bertz CT molecular complexity index is 461. The van der Waals surface area contributed by atoms with E-state index >= 15 is 0 Å². The van der Waals surface area contributed by atoms with Gasteiger partial charge in [-0.1, -0.05) is 18.2 Å². The summed E-state index contributed by atoms with van der Waals surface area (Å²) in [6.07, 6.45) is 1.97. The second kappa shape index (κ2) is 8.03. The van der Waals surface area contributed by atoms with Crippen molar-refractivity contribution in [1.29, 1.82) is 0 Å². The van der Waals surface area contributed by atoms with Crippen LogP contribution in [-0.2, 0) is 16.1 Å². The zero-order valence-corrected chi connectivity index (χ0v) is 13.0. The van der Waals surface area contributed by atoms with Crippen LogP contribution >= 0.6 is 0 Å². The Kier molecular flexibility index (Phi) is 6.05. The minimum absolute atomic E-state index is 0.0120. The van der Waals surface area contributed by atoms with Crippen LogP contribution in [0.5, 0.6) is 5.75 Å². The average molecular weight is 291 g/mol. The zero-order valence-electron chi connectivity index (χ0n) is 13.0. The van der Waals surface area contributed by atoms with Gasteiger partial charge in [-0.3, -0.25) is 9.69 Å². The van der Waals surface area contributed by atoms with Crippen LogP contribution in [0, 0.1) is 5.92 Å². The molecular weight excluding hydrogens is 266 g/mol. The SMILES string of the molecule is CCOC(=O)[C@H]1CCCN(Cc2ccccc2OCC)C1. The smallest absolute Gasteiger partial charge is 0.310 e. The summed E-state index contributed by atoms with van der Waals surface area (Å²) in [5, 5.41) is 0. The Hall–Kier alpha value is -1.55. The summed E-state index contributed by atoms with van der Waals surface area (Å²) in [5.41, 5.74) is 1.18. The minimum Gasteiger partial charge on any atom is -0.494 e. The van der Waals surface area contributed by atoms with Crippen molar-refractivity contribution < 1.29 is 14.3 Å². The molecule has 0 bridgehead atoms. The van der Waals surface area contributed by atoms with E-state index in [2.05, 4.69) is 11.0 Å². The van der Waals surface area contributed by atoms with Crippen molar-refractivity contribution in [3.8, 4) is 5.75 Å². The van der Waals surface area contributed by atoms with E-state index in [0.717, 1.165) is 38.2 Å². The molecule has 0 saturated carbocycles. The van der Waals surface area contributed by atoms with Crippen molar-refractivity contribution in [3.63, 3.8) is 0 Å². The zero-order chi connectivity index (χ0) is 15.1. The van der Waals surface area contributed by atoms with E-state index in [1.807, 2.05) is 32.0 Å². The van der Waals surface area contributed by atoms with Crippen LogP contribution in [0.2, 0.25) is 0 Å². The lowest BCUT2D eigenvalue weighted by molar-refractivity contribution is -0.150. The molecule has 0 spiro atoms. The van der Waals surface area contributed by atoms with E-state index in [0.29, 0.717) is 13.2 Å². The maximum Gasteiger partial charge on any atom is 0.310 e. The van der Waals surface area contributed by atoms with Crippen molar-refractivity contribution in [2.45, 2.75) is 33.2 Å². The average Bonchev–Trinajstić information content (AvgIpc) is 2.50. The first kappa shape index (κ1) is 15.8. The summed E-state index contributed by atoms with van der Waals surface area (Å²) in [6.45, 7) is 7.61. The second-order valence-corrected chi connectivity index (χ2v) is 5.37. The standard InChI is InChI=1S/C17H25NO3/c1-3-20-16-10-6-5-8-14(16)12-18-11-7-9-15(13-18)17(19)21-4-2/h5-6,8,10,15H,3-4,7,9,11-13H2,1-2H3/t15-/m0/s1. The molecule has 1 aromatic carbocycles. The largest absolute Gasteiger partial charge is 0.494 e. The number of piperidine rings is 1. The number of hydrogen-bond acceptors (Lipinski definition) is 4. The first-order valence-corrected chi connectivity index (χ1v) is 7.84. The van der Waals surface area contributed by atoms with Crippen LogP contribution in [0.15, 0.2) is 24.3 Å². The topological polar surface area (TPSA) is 38.8 Å². The van der Waals surface area contributed by atoms with Gasteiger partial charge < -0.3 is 9.47 Å². The van der Waals surface area contributed by atoms with Crippen LogP contribution in [0.4, 0.5) is 0 Å². The molecule has 0 aromatic heterocycles. The molecule has 0 amide bonds. The van der Waals surface area contributed by atoms with E-state index in [-0.39, 0.29) is 11.9 Å². The van der Waals surface area contributed by atoms with E-state index in [1.165, 1.54) is 5.56 Å². The molecule has 116 valence electrons. The van der Waals surface area contributed by atoms with Crippen LogP contribution in [0.3, 0.4) is 0 Å². The maximum absolute atomic E-state index is 11.9. The van der Waals surface area contributed by atoms with Gasteiger partial charge in [-0.25, -0.2) is 0 Å². The molecule has 2 rings (SSSR count). The predicted octanol–water partition coefficient (Wildman–Crippen LogP) is 2.86. The maximum atomic E-state index is 11.9. The van der Waals surface area contributed by atoms with Crippen molar-refractivity contribution >= 4 is 5.97 Å². The van der Waals surface area contributed by atoms with E-state index in [9.17, 15) is 4.79 Å². The van der Waals surface area contributed by atoms with Crippen molar-refractivity contribution in [2.24, 2.45) is 5.92 Å². The normalized spacial score (nSPS) is 19.2. The first-order chi connectivity index (χ1) is 10.2. The first-order valence-electron chi connectivity index (χ1n) is 7.84. The highest BCUT2D eigenvalue weighted by molar-refractivity contribution is 5.72. The molecule has 1 saturated heterocycles. The molecule has 4 nitrogen and oxygen atoms in total. The third kappa shape index (κ3) is 4.46. The van der Waals surface area contributed by atoms with E-state index in [1.54, 1.807) is 0 Å². The molecular formula is C17H25NO3. The summed E-state index contributed by atoms with van der Waals surface area (Å²) < 4.78 is 10.8. The molecule has 4 heteroatoms. The number of benzene rings is 1. The number of para-hydroxylation sites is 1. The Labute approximate surface area is 127 Å². The van der Waals surface area contributed by atoms with Gasteiger partial charge in [0.05, 0.1) is 19.1 Å². The Morgan fingerprint density at radius 3 is 2.86 bits per heavy atom. The molecule has 0 radical (unpaired) electrons. The molecule has 0 N–H and O–H groups in total. The predicted molar refractivity (Wildman–Crippen MR) is 82.2 cm³/mol. The monoisotopic (exact) mass is 291 g/mol. The Morgan fingerprint density at radius 2 is 2.10 bits per heavy atom. The van der Waals surface area contributed by atoms with Gasteiger partial charge in [0.2, 0.25) is 0 Å². The van der Waals surface area contributed by atoms with Crippen molar-refractivity contribution in [1.82, 2.24) is 4.90 Å². The van der Waals surface area contributed by atoms with Gasteiger partial charge in [0.15, 0.2) is 0 Å². The van der Waals surface area contributed by atoms with Crippen LogP contribution in [-0.4, -0.2) is 37.2 Å². The van der Waals surface area contributed by atoms with Gasteiger partial charge in [-0.2, -0.15) is 0 Å². The van der Waals surface area contributed by atoms with Crippen LogP contribution in [0.25, 0.3) is 0 Å². The van der Waals surface area contributed by atoms with Crippen LogP contribution < -0.4 is 4.74 Å². The van der Waals surface area contributed by atoms with Gasteiger partial charge >= 0.3 is 5.97 Å². The molecule has 1 fully saturated rings. The number of carbonyl (C=O) groups excluding carboxylic acids is 1. The molecule has 1 heterocycles. The third-order valence-electron chi connectivity index (χ3n) is 3.79. The van der Waals surface area contributed by atoms with Gasteiger partial charge in [0.1, 0.15) is 5.75 Å². The van der Waals surface area contributed by atoms with Gasteiger partial charge in [-0.05, 0) is 39.3 Å². The van der Waals surface area contributed by atoms with E-state index in [4.69, 9.17) is 9.47 Å². The summed E-state index contributed by atoms with van der Waals surface area (Å²) in [5.74, 6) is 0.900. The molecule has 1 aliphatic heterocycles. The summed E-state index contributed by atoms with van der Waals surface area (Å²) in [7, 11) is 0. The van der Waals surface area contributed by atoms with Gasteiger partial charge in [-0.15, -0.1) is 0 Å². The minimum atomic E-state index is -0.0553. The fraction of sp³-hybridized carbons (Fsp3) is 0.588. The number of likely N-dealkylation sites (tertiary alicyclic amines) is 1. The number of rotatable bonds is 6. The lowest BCUT2D eigenvalue weighted by atomic mass is 9.97. The Balaban J connectivity index is 1.98. The fourth-order valence-electron chi connectivity index (χ4n) is 2.82. The lowest BCUT2D eigenvalue weighted by Crippen LogP contribution is -2.39. The molecule has 1 atom stereocenters. The highest BCUT2D eigenvalue weighted by Crippen LogP contribution is 2.24. The fourth-order valence-corrected chi connectivity index (χ4v) is 2.82. The lowest BCUT2D eigenvalue weighted by Gasteiger charge is -2.31. The number of esters is 1. The highest BCUT2D eigenvalue weighted by Gasteiger charge is 2.27.